The zero-order valence-corrected chi connectivity index (χ0v) is 10.3. The topological polar surface area (TPSA) is 45.8 Å². The Labute approximate surface area is 110 Å². The number of aromatic amines is 1. The lowest BCUT2D eigenvalue weighted by molar-refractivity contribution is 0.569. The van der Waals surface area contributed by atoms with Crippen molar-refractivity contribution in [2.24, 2.45) is 0 Å². The summed E-state index contributed by atoms with van der Waals surface area (Å²) in [6.07, 6.45) is 2.21. The molecule has 0 radical (unpaired) electrons. The van der Waals surface area contributed by atoms with Crippen LogP contribution in [0, 0.1) is 0 Å². The van der Waals surface area contributed by atoms with Crippen molar-refractivity contribution in [1.82, 2.24) is 9.97 Å². The van der Waals surface area contributed by atoms with E-state index in [1.54, 1.807) is 6.20 Å². The quantitative estimate of drug-likeness (QED) is 0.724. The van der Waals surface area contributed by atoms with E-state index in [1.165, 1.54) is 0 Å². The summed E-state index contributed by atoms with van der Waals surface area (Å²) in [7, 11) is 0. The number of H-pyrrole nitrogens is 1. The molecule has 19 heavy (non-hydrogen) atoms. The van der Waals surface area contributed by atoms with E-state index in [2.05, 4.69) is 9.97 Å². The van der Waals surface area contributed by atoms with Gasteiger partial charge in [0.25, 0.3) is 0 Å². The summed E-state index contributed by atoms with van der Waals surface area (Å²) in [6.45, 7) is 0. The lowest BCUT2D eigenvalue weighted by atomic mass is 10.1. The zero-order chi connectivity index (χ0) is 13.1. The second-order valence-corrected chi connectivity index (χ2v) is 4.35. The third-order valence-corrected chi connectivity index (χ3v) is 3.06. The molecular formula is C16H12N2O. The SMILES string of the molecule is O=C=C(Cc1ccccn1)c1cc2ccccc2[nH]1. The van der Waals surface area contributed by atoms with E-state index in [1.807, 2.05) is 54.5 Å². The fourth-order valence-corrected chi connectivity index (χ4v) is 2.11. The summed E-state index contributed by atoms with van der Waals surface area (Å²) < 4.78 is 0. The standard InChI is InChI=1S/C16H12N2O/c19-11-13(9-14-6-3-4-8-17-14)16-10-12-5-1-2-7-15(12)18-16/h1-8,10,18H,9H2. The van der Waals surface area contributed by atoms with Gasteiger partial charge < -0.3 is 4.98 Å². The molecule has 0 amide bonds. The Hall–Kier alpha value is -2.64. The minimum atomic E-state index is 0.483. The molecule has 0 bridgehead atoms. The van der Waals surface area contributed by atoms with Gasteiger partial charge in [-0.2, -0.15) is 0 Å². The molecular weight excluding hydrogens is 236 g/mol. The summed E-state index contributed by atoms with van der Waals surface area (Å²) >= 11 is 0. The van der Waals surface area contributed by atoms with E-state index >= 15 is 0 Å². The average Bonchev–Trinajstić information content (AvgIpc) is 2.89. The van der Waals surface area contributed by atoms with Gasteiger partial charge in [0, 0.05) is 29.2 Å². The third kappa shape index (κ3) is 2.32. The van der Waals surface area contributed by atoms with Crippen LogP contribution in [-0.4, -0.2) is 15.9 Å². The van der Waals surface area contributed by atoms with Crippen LogP contribution in [-0.2, 0) is 11.2 Å². The molecule has 0 aliphatic rings. The normalized spacial score (nSPS) is 10.3. The van der Waals surface area contributed by atoms with Crippen molar-refractivity contribution in [3.8, 4) is 0 Å². The van der Waals surface area contributed by atoms with Gasteiger partial charge in [0.05, 0.1) is 11.3 Å². The maximum Gasteiger partial charge on any atom is 0.130 e. The summed E-state index contributed by atoms with van der Waals surface area (Å²) in [5, 5.41) is 1.09. The van der Waals surface area contributed by atoms with Crippen LogP contribution in [0.25, 0.3) is 16.5 Å². The Balaban J connectivity index is 1.97. The highest BCUT2D eigenvalue weighted by Crippen LogP contribution is 2.21. The lowest BCUT2D eigenvalue weighted by Crippen LogP contribution is -1.94. The number of allylic oxidation sites excluding steroid dienone is 1. The molecule has 0 atom stereocenters. The van der Waals surface area contributed by atoms with Gasteiger partial charge in [-0.1, -0.05) is 24.3 Å². The summed E-state index contributed by atoms with van der Waals surface area (Å²) in [4.78, 5) is 18.6. The average molecular weight is 248 g/mol. The molecule has 92 valence electrons. The molecule has 2 heterocycles. The number of rotatable bonds is 3. The van der Waals surface area contributed by atoms with E-state index in [0.29, 0.717) is 12.0 Å². The number of fused-ring (bicyclic) bond motifs is 1. The zero-order valence-electron chi connectivity index (χ0n) is 10.3. The maximum absolute atomic E-state index is 11.2. The third-order valence-electron chi connectivity index (χ3n) is 3.06. The number of pyridine rings is 1. The molecule has 0 spiro atoms. The second-order valence-electron chi connectivity index (χ2n) is 4.35. The van der Waals surface area contributed by atoms with Crippen molar-refractivity contribution in [3.63, 3.8) is 0 Å². The van der Waals surface area contributed by atoms with Gasteiger partial charge in [0.1, 0.15) is 5.94 Å². The number of nitrogens with zero attached hydrogens (tertiary/aromatic N) is 1. The fraction of sp³-hybridized carbons (Fsp3) is 0.0625. The van der Waals surface area contributed by atoms with Gasteiger partial charge >= 0.3 is 0 Å². The predicted octanol–water partition coefficient (Wildman–Crippen LogP) is 3.02. The van der Waals surface area contributed by atoms with Crippen molar-refractivity contribution >= 4 is 22.4 Å². The van der Waals surface area contributed by atoms with Crippen molar-refractivity contribution in [1.29, 1.82) is 0 Å². The smallest absolute Gasteiger partial charge is 0.130 e. The van der Waals surface area contributed by atoms with E-state index < -0.39 is 0 Å². The maximum atomic E-state index is 11.2. The van der Waals surface area contributed by atoms with Crippen LogP contribution in [0.5, 0.6) is 0 Å². The van der Waals surface area contributed by atoms with Crippen LogP contribution in [0.3, 0.4) is 0 Å². The molecule has 3 nitrogen and oxygen atoms in total. The number of aromatic nitrogens is 2. The number of carbonyl (C=O) groups excluding carboxylic acids is 1. The number of nitrogens with one attached hydrogen (secondary N) is 1. The van der Waals surface area contributed by atoms with Gasteiger partial charge in [-0.25, -0.2) is 4.79 Å². The molecule has 1 N–H and O–H groups in total. The van der Waals surface area contributed by atoms with Crippen molar-refractivity contribution < 1.29 is 4.79 Å². The molecule has 0 saturated carbocycles. The molecule has 1 aromatic carbocycles. The first-order chi connectivity index (χ1) is 9.36. The first kappa shape index (κ1) is 11.5. The first-order valence-electron chi connectivity index (χ1n) is 6.09. The van der Waals surface area contributed by atoms with Crippen LogP contribution < -0.4 is 0 Å². The molecule has 3 aromatic rings. The molecule has 0 fully saturated rings. The van der Waals surface area contributed by atoms with E-state index in [9.17, 15) is 4.79 Å². The lowest BCUT2D eigenvalue weighted by Gasteiger charge is -2.00. The van der Waals surface area contributed by atoms with Gasteiger partial charge in [0.2, 0.25) is 0 Å². The molecule has 0 saturated heterocycles. The van der Waals surface area contributed by atoms with Crippen molar-refractivity contribution in [2.45, 2.75) is 6.42 Å². The van der Waals surface area contributed by atoms with Crippen LogP contribution >= 0.6 is 0 Å². The number of hydrogen-bond donors (Lipinski definition) is 1. The highest BCUT2D eigenvalue weighted by Gasteiger charge is 2.08. The second kappa shape index (κ2) is 4.92. The Bertz CT molecular complexity index is 720. The largest absolute Gasteiger partial charge is 0.354 e. The minimum absolute atomic E-state index is 0.483. The number of para-hydroxylation sites is 1. The van der Waals surface area contributed by atoms with E-state index in [0.717, 1.165) is 22.3 Å². The van der Waals surface area contributed by atoms with Crippen molar-refractivity contribution in [2.75, 3.05) is 0 Å². The number of hydrogen-bond acceptors (Lipinski definition) is 2. The number of benzene rings is 1. The van der Waals surface area contributed by atoms with Crippen LogP contribution in [0.4, 0.5) is 0 Å². The summed E-state index contributed by atoms with van der Waals surface area (Å²) in [6, 6.07) is 15.6. The Morgan fingerprint density at radius 3 is 2.74 bits per heavy atom. The highest BCUT2D eigenvalue weighted by atomic mass is 16.1. The fourth-order valence-electron chi connectivity index (χ4n) is 2.11. The highest BCUT2D eigenvalue weighted by molar-refractivity contribution is 5.92. The van der Waals surface area contributed by atoms with Crippen LogP contribution in [0.1, 0.15) is 11.4 Å². The Kier molecular flexibility index (Phi) is 2.97. The molecule has 2 aromatic heterocycles. The molecule has 3 heteroatoms. The Morgan fingerprint density at radius 2 is 2.00 bits per heavy atom. The summed E-state index contributed by atoms with van der Waals surface area (Å²) in [5.74, 6) is 2.02. The van der Waals surface area contributed by atoms with Gasteiger partial charge in [-0.15, -0.1) is 0 Å². The summed E-state index contributed by atoms with van der Waals surface area (Å²) in [5.41, 5.74) is 3.28. The monoisotopic (exact) mass is 248 g/mol. The molecule has 0 aliphatic heterocycles. The van der Waals surface area contributed by atoms with Crippen LogP contribution in [0.15, 0.2) is 54.7 Å². The minimum Gasteiger partial charge on any atom is -0.354 e. The molecule has 0 aliphatic carbocycles. The van der Waals surface area contributed by atoms with Gasteiger partial charge in [-0.05, 0) is 24.3 Å². The van der Waals surface area contributed by atoms with E-state index in [-0.39, 0.29) is 0 Å². The molecule has 3 rings (SSSR count). The van der Waals surface area contributed by atoms with Gasteiger partial charge in [0.15, 0.2) is 0 Å². The first-order valence-corrected chi connectivity index (χ1v) is 6.09. The Morgan fingerprint density at radius 1 is 1.16 bits per heavy atom. The van der Waals surface area contributed by atoms with Gasteiger partial charge in [-0.3, -0.25) is 4.98 Å². The van der Waals surface area contributed by atoms with E-state index in [4.69, 9.17) is 0 Å². The van der Waals surface area contributed by atoms with Crippen molar-refractivity contribution in [3.05, 3.63) is 66.1 Å². The van der Waals surface area contributed by atoms with Crippen LogP contribution in [0.2, 0.25) is 0 Å². The molecule has 0 unspecified atom stereocenters. The predicted molar refractivity (Wildman–Crippen MR) is 75.3 cm³/mol.